The predicted molar refractivity (Wildman–Crippen MR) is 62.3 cm³/mol. The molecule has 0 aliphatic heterocycles. The summed E-state index contributed by atoms with van der Waals surface area (Å²) in [5, 5.41) is 0. The van der Waals surface area contributed by atoms with Crippen LogP contribution in [0.15, 0.2) is 0 Å². The number of hydrogen-bond donors (Lipinski definition) is 1. The third-order valence-electron chi connectivity index (χ3n) is 3.49. The molecule has 2 unspecified atom stereocenters. The molecule has 2 N–H and O–H groups in total. The molecule has 0 aromatic rings. The number of unbranched alkanes of at least 4 members (excludes halogenated alkanes) is 1. The van der Waals surface area contributed by atoms with Crippen LogP contribution in [0.3, 0.4) is 0 Å². The molecule has 1 aliphatic carbocycles. The summed E-state index contributed by atoms with van der Waals surface area (Å²) in [7, 11) is 0. The van der Waals surface area contributed by atoms with E-state index < -0.39 is 0 Å². The van der Waals surface area contributed by atoms with Crippen molar-refractivity contribution in [3.63, 3.8) is 0 Å². The summed E-state index contributed by atoms with van der Waals surface area (Å²) in [6.45, 7) is 8.20. The summed E-state index contributed by atoms with van der Waals surface area (Å²) in [4.78, 5) is 2.57. The molecule has 1 rings (SSSR count). The van der Waals surface area contributed by atoms with Gasteiger partial charge >= 0.3 is 0 Å². The molecule has 2 heteroatoms. The zero-order valence-corrected chi connectivity index (χ0v) is 9.84. The van der Waals surface area contributed by atoms with Gasteiger partial charge < -0.3 is 10.6 Å². The highest BCUT2D eigenvalue weighted by molar-refractivity contribution is 4.82. The van der Waals surface area contributed by atoms with Gasteiger partial charge in [0.05, 0.1) is 0 Å². The molecular weight excluding hydrogens is 172 g/mol. The van der Waals surface area contributed by atoms with Gasteiger partial charge in [-0.05, 0) is 38.3 Å². The Balaban J connectivity index is 2.24. The van der Waals surface area contributed by atoms with Crippen molar-refractivity contribution in [3.05, 3.63) is 0 Å². The summed E-state index contributed by atoms with van der Waals surface area (Å²) in [6.07, 6.45) is 6.57. The van der Waals surface area contributed by atoms with E-state index in [2.05, 4.69) is 18.7 Å². The first-order chi connectivity index (χ1) is 6.77. The van der Waals surface area contributed by atoms with Gasteiger partial charge in [0, 0.05) is 12.6 Å². The van der Waals surface area contributed by atoms with E-state index in [0.717, 1.165) is 5.92 Å². The van der Waals surface area contributed by atoms with Crippen LogP contribution in [0.4, 0.5) is 0 Å². The Morgan fingerprint density at radius 3 is 2.57 bits per heavy atom. The van der Waals surface area contributed by atoms with E-state index in [4.69, 9.17) is 5.73 Å². The highest BCUT2D eigenvalue weighted by Gasteiger charge is 2.25. The molecule has 0 saturated heterocycles. The van der Waals surface area contributed by atoms with Gasteiger partial charge in [-0.15, -0.1) is 0 Å². The van der Waals surface area contributed by atoms with Crippen molar-refractivity contribution >= 4 is 0 Å². The van der Waals surface area contributed by atoms with Crippen LogP contribution in [0.2, 0.25) is 0 Å². The fourth-order valence-electron chi connectivity index (χ4n) is 2.38. The van der Waals surface area contributed by atoms with Crippen LogP contribution in [0.1, 0.15) is 46.0 Å². The Morgan fingerprint density at radius 2 is 2.07 bits per heavy atom. The minimum Gasteiger partial charge on any atom is -0.327 e. The standard InChI is InChI=1S/C12H26N2/c1-3-5-9-14(4-2)10-11-7-6-8-12(11)13/h11-12H,3-10,13H2,1-2H3. The lowest BCUT2D eigenvalue weighted by atomic mass is 10.0. The second kappa shape index (κ2) is 6.41. The zero-order valence-electron chi connectivity index (χ0n) is 9.84. The lowest BCUT2D eigenvalue weighted by Gasteiger charge is -2.26. The molecule has 0 bridgehead atoms. The lowest BCUT2D eigenvalue weighted by Crippen LogP contribution is -2.36. The maximum Gasteiger partial charge on any atom is 0.00793 e. The van der Waals surface area contributed by atoms with Gasteiger partial charge in [0.2, 0.25) is 0 Å². The molecule has 1 saturated carbocycles. The second-order valence-electron chi connectivity index (χ2n) is 4.60. The van der Waals surface area contributed by atoms with E-state index in [1.807, 2.05) is 0 Å². The molecule has 84 valence electrons. The second-order valence-corrected chi connectivity index (χ2v) is 4.60. The highest BCUT2D eigenvalue weighted by Crippen LogP contribution is 2.24. The molecular formula is C12H26N2. The average Bonchev–Trinajstić information content (AvgIpc) is 2.59. The number of nitrogens with zero attached hydrogens (tertiary/aromatic N) is 1. The van der Waals surface area contributed by atoms with Crippen LogP contribution in [0, 0.1) is 5.92 Å². The Bertz CT molecular complexity index is 147. The SMILES string of the molecule is CCCCN(CC)CC1CCCC1N. The molecule has 0 aromatic carbocycles. The van der Waals surface area contributed by atoms with Crippen molar-refractivity contribution < 1.29 is 0 Å². The minimum absolute atomic E-state index is 0.477. The number of rotatable bonds is 6. The molecule has 2 atom stereocenters. The monoisotopic (exact) mass is 198 g/mol. The van der Waals surface area contributed by atoms with Gasteiger partial charge in [-0.2, -0.15) is 0 Å². The molecule has 0 radical (unpaired) electrons. The normalized spacial score (nSPS) is 27.4. The highest BCUT2D eigenvalue weighted by atomic mass is 15.1. The maximum atomic E-state index is 6.08. The van der Waals surface area contributed by atoms with Crippen molar-refractivity contribution in [2.24, 2.45) is 11.7 Å². The fourth-order valence-corrected chi connectivity index (χ4v) is 2.38. The Morgan fingerprint density at radius 1 is 1.29 bits per heavy atom. The largest absolute Gasteiger partial charge is 0.327 e. The van der Waals surface area contributed by atoms with Gasteiger partial charge in [-0.1, -0.05) is 26.7 Å². The van der Waals surface area contributed by atoms with Crippen LogP contribution >= 0.6 is 0 Å². The lowest BCUT2D eigenvalue weighted by molar-refractivity contribution is 0.230. The van der Waals surface area contributed by atoms with Gasteiger partial charge in [0.25, 0.3) is 0 Å². The predicted octanol–water partition coefficient (Wildman–Crippen LogP) is 2.24. The van der Waals surface area contributed by atoms with Crippen LogP contribution in [0.25, 0.3) is 0 Å². The fraction of sp³-hybridized carbons (Fsp3) is 1.00. The van der Waals surface area contributed by atoms with Crippen LogP contribution < -0.4 is 5.73 Å². The third-order valence-corrected chi connectivity index (χ3v) is 3.49. The quantitative estimate of drug-likeness (QED) is 0.709. The van der Waals surface area contributed by atoms with E-state index in [1.165, 1.54) is 51.7 Å². The summed E-state index contributed by atoms with van der Waals surface area (Å²) in [6, 6.07) is 0.477. The van der Waals surface area contributed by atoms with Crippen LogP contribution in [-0.4, -0.2) is 30.6 Å². The topological polar surface area (TPSA) is 29.3 Å². The van der Waals surface area contributed by atoms with Crippen LogP contribution in [-0.2, 0) is 0 Å². The molecule has 2 nitrogen and oxygen atoms in total. The van der Waals surface area contributed by atoms with Crippen molar-refractivity contribution in [2.75, 3.05) is 19.6 Å². The molecule has 0 amide bonds. The van der Waals surface area contributed by atoms with E-state index >= 15 is 0 Å². The molecule has 0 heterocycles. The van der Waals surface area contributed by atoms with E-state index in [-0.39, 0.29) is 0 Å². The van der Waals surface area contributed by atoms with Gasteiger partial charge in [-0.25, -0.2) is 0 Å². The first-order valence-corrected chi connectivity index (χ1v) is 6.25. The molecule has 0 spiro atoms. The Kier molecular flexibility index (Phi) is 5.49. The number of hydrogen-bond acceptors (Lipinski definition) is 2. The molecule has 14 heavy (non-hydrogen) atoms. The summed E-state index contributed by atoms with van der Waals surface area (Å²) < 4.78 is 0. The zero-order chi connectivity index (χ0) is 10.4. The molecule has 1 fully saturated rings. The first-order valence-electron chi connectivity index (χ1n) is 6.25. The van der Waals surface area contributed by atoms with Crippen molar-refractivity contribution in [2.45, 2.75) is 52.0 Å². The van der Waals surface area contributed by atoms with Gasteiger partial charge in [0.1, 0.15) is 0 Å². The Labute approximate surface area is 88.8 Å². The van der Waals surface area contributed by atoms with E-state index in [9.17, 15) is 0 Å². The van der Waals surface area contributed by atoms with Crippen LogP contribution in [0.5, 0.6) is 0 Å². The summed E-state index contributed by atoms with van der Waals surface area (Å²) in [5.74, 6) is 0.770. The van der Waals surface area contributed by atoms with Crippen molar-refractivity contribution in [1.29, 1.82) is 0 Å². The average molecular weight is 198 g/mol. The first kappa shape index (κ1) is 12.0. The number of nitrogens with two attached hydrogens (primary N) is 1. The van der Waals surface area contributed by atoms with Gasteiger partial charge in [0.15, 0.2) is 0 Å². The molecule has 0 aromatic heterocycles. The summed E-state index contributed by atoms with van der Waals surface area (Å²) >= 11 is 0. The third kappa shape index (κ3) is 3.58. The summed E-state index contributed by atoms with van der Waals surface area (Å²) in [5.41, 5.74) is 6.08. The smallest absolute Gasteiger partial charge is 0.00793 e. The Hall–Kier alpha value is -0.0800. The van der Waals surface area contributed by atoms with E-state index in [0.29, 0.717) is 6.04 Å². The minimum atomic E-state index is 0.477. The van der Waals surface area contributed by atoms with Crippen molar-refractivity contribution in [3.8, 4) is 0 Å². The van der Waals surface area contributed by atoms with E-state index in [1.54, 1.807) is 0 Å². The maximum absolute atomic E-state index is 6.08. The molecule has 1 aliphatic rings. The van der Waals surface area contributed by atoms with Crippen molar-refractivity contribution in [1.82, 2.24) is 4.90 Å². The van der Waals surface area contributed by atoms with Gasteiger partial charge in [-0.3, -0.25) is 0 Å².